The summed E-state index contributed by atoms with van der Waals surface area (Å²) in [5.74, 6) is 0.912. The molecule has 0 spiro atoms. The van der Waals surface area contributed by atoms with E-state index in [4.69, 9.17) is 0 Å². The second-order valence-electron chi connectivity index (χ2n) is 8.25. The van der Waals surface area contributed by atoms with Gasteiger partial charge in [-0.25, -0.2) is 4.68 Å². The van der Waals surface area contributed by atoms with Crippen molar-refractivity contribution >= 4 is 16.9 Å². The fourth-order valence-corrected chi connectivity index (χ4v) is 4.91. The Morgan fingerprint density at radius 2 is 1.83 bits per heavy atom. The minimum absolute atomic E-state index is 0.513. The van der Waals surface area contributed by atoms with Gasteiger partial charge in [0, 0.05) is 43.1 Å². The molecule has 2 fully saturated rings. The zero-order valence-electron chi connectivity index (χ0n) is 16.7. The molecule has 1 aromatic carbocycles. The Kier molecular flexibility index (Phi) is 4.02. The van der Waals surface area contributed by atoms with E-state index in [1.807, 2.05) is 30.5 Å². The number of aromatic amines is 1. The molecule has 2 aliphatic rings. The van der Waals surface area contributed by atoms with Crippen molar-refractivity contribution in [3.63, 3.8) is 0 Å². The van der Waals surface area contributed by atoms with Gasteiger partial charge in [0.15, 0.2) is 5.82 Å². The topological polar surface area (TPSA) is 100 Å². The van der Waals surface area contributed by atoms with E-state index in [9.17, 15) is 0 Å². The molecule has 2 saturated heterocycles. The average molecular weight is 401 g/mol. The Balaban J connectivity index is 1.30. The second kappa shape index (κ2) is 6.88. The van der Waals surface area contributed by atoms with Crippen molar-refractivity contribution in [2.24, 2.45) is 0 Å². The van der Waals surface area contributed by atoms with Gasteiger partial charge in [-0.05, 0) is 56.0 Å². The molecule has 5 heterocycles. The molecule has 2 aliphatic heterocycles. The first-order chi connectivity index (χ1) is 14.8. The third-order valence-electron chi connectivity index (χ3n) is 6.49. The number of hydrogen-bond acceptors (Lipinski definition) is 7. The highest BCUT2D eigenvalue weighted by Gasteiger charge is 2.35. The molecule has 0 saturated carbocycles. The SMILES string of the molecule is CN(c1ccc(-c2ccc(-n3cccn3)c3n[nH]nc23)nn1)C1CC2CCC(C1)N2. The molecule has 2 unspecified atom stereocenters. The molecule has 2 N–H and O–H groups in total. The lowest BCUT2D eigenvalue weighted by atomic mass is 9.98. The van der Waals surface area contributed by atoms with Crippen molar-refractivity contribution in [3.05, 3.63) is 42.7 Å². The van der Waals surface area contributed by atoms with Crippen LogP contribution in [0.15, 0.2) is 42.7 Å². The van der Waals surface area contributed by atoms with Crippen LogP contribution in [0.25, 0.3) is 28.0 Å². The van der Waals surface area contributed by atoms with Crippen LogP contribution >= 0.6 is 0 Å². The zero-order chi connectivity index (χ0) is 20.1. The van der Waals surface area contributed by atoms with E-state index >= 15 is 0 Å². The molecule has 9 heteroatoms. The molecule has 30 heavy (non-hydrogen) atoms. The van der Waals surface area contributed by atoms with Crippen LogP contribution in [-0.4, -0.2) is 60.6 Å². The first-order valence-corrected chi connectivity index (χ1v) is 10.4. The van der Waals surface area contributed by atoms with E-state index in [0.717, 1.165) is 33.8 Å². The summed E-state index contributed by atoms with van der Waals surface area (Å²) in [6.07, 6.45) is 8.56. The monoisotopic (exact) mass is 401 g/mol. The third kappa shape index (κ3) is 2.85. The Hall–Kier alpha value is -3.33. The fraction of sp³-hybridized carbons (Fsp3) is 0.381. The first kappa shape index (κ1) is 17.5. The lowest BCUT2D eigenvalue weighted by Crippen LogP contribution is -2.47. The summed E-state index contributed by atoms with van der Waals surface area (Å²) in [5, 5.41) is 28.5. The smallest absolute Gasteiger partial charge is 0.151 e. The van der Waals surface area contributed by atoms with E-state index in [-0.39, 0.29) is 0 Å². The van der Waals surface area contributed by atoms with E-state index in [2.05, 4.69) is 54.0 Å². The minimum Gasteiger partial charge on any atom is -0.355 e. The quantitative estimate of drug-likeness (QED) is 0.541. The summed E-state index contributed by atoms with van der Waals surface area (Å²) in [5.41, 5.74) is 4.06. The number of aromatic nitrogens is 7. The fourth-order valence-electron chi connectivity index (χ4n) is 4.91. The highest BCUT2D eigenvalue weighted by Crippen LogP contribution is 2.32. The normalized spacial score (nSPS) is 23.2. The van der Waals surface area contributed by atoms with Crippen LogP contribution in [0.4, 0.5) is 5.82 Å². The van der Waals surface area contributed by atoms with E-state index in [0.29, 0.717) is 18.1 Å². The van der Waals surface area contributed by atoms with Crippen LogP contribution in [-0.2, 0) is 0 Å². The molecule has 4 aromatic rings. The van der Waals surface area contributed by atoms with Crippen molar-refractivity contribution < 1.29 is 0 Å². The average Bonchev–Trinajstić information content (AvgIpc) is 3.54. The highest BCUT2D eigenvalue weighted by atomic mass is 15.3. The molecule has 2 bridgehead atoms. The maximum absolute atomic E-state index is 4.54. The number of nitrogens with one attached hydrogen (secondary N) is 2. The molecule has 0 amide bonds. The molecule has 6 rings (SSSR count). The molecule has 3 aromatic heterocycles. The summed E-state index contributed by atoms with van der Waals surface area (Å²) in [4.78, 5) is 2.29. The number of rotatable bonds is 4. The Labute approximate surface area is 173 Å². The van der Waals surface area contributed by atoms with Gasteiger partial charge in [-0.3, -0.25) is 0 Å². The lowest BCUT2D eigenvalue weighted by Gasteiger charge is -2.36. The molecule has 0 radical (unpaired) electrons. The lowest BCUT2D eigenvalue weighted by molar-refractivity contribution is 0.353. The molecule has 2 atom stereocenters. The maximum atomic E-state index is 4.54. The predicted molar refractivity (Wildman–Crippen MR) is 113 cm³/mol. The Bertz CT molecular complexity index is 1150. The molecular weight excluding hydrogens is 378 g/mol. The summed E-state index contributed by atoms with van der Waals surface area (Å²) in [7, 11) is 2.13. The molecule has 9 nitrogen and oxygen atoms in total. The van der Waals surface area contributed by atoms with Crippen LogP contribution < -0.4 is 10.2 Å². The third-order valence-corrected chi connectivity index (χ3v) is 6.49. The van der Waals surface area contributed by atoms with Crippen LogP contribution in [0, 0.1) is 0 Å². The van der Waals surface area contributed by atoms with E-state index in [1.54, 1.807) is 10.9 Å². The van der Waals surface area contributed by atoms with Gasteiger partial charge in [-0.15, -0.1) is 10.2 Å². The van der Waals surface area contributed by atoms with Gasteiger partial charge in [0.1, 0.15) is 11.0 Å². The number of benzene rings is 1. The van der Waals surface area contributed by atoms with Crippen molar-refractivity contribution in [3.8, 4) is 16.9 Å². The van der Waals surface area contributed by atoms with E-state index < -0.39 is 0 Å². The Morgan fingerprint density at radius 1 is 1.00 bits per heavy atom. The minimum atomic E-state index is 0.513. The van der Waals surface area contributed by atoms with Crippen molar-refractivity contribution in [1.29, 1.82) is 0 Å². The molecule has 0 aliphatic carbocycles. The highest BCUT2D eigenvalue weighted by molar-refractivity contribution is 5.95. The maximum Gasteiger partial charge on any atom is 0.151 e. The first-order valence-electron chi connectivity index (χ1n) is 10.4. The number of hydrogen-bond donors (Lipinski definition) is 2. The van der Waals surface area contributed by atoms with E-state index in [1.165, 1.54) is 25.7 Å². The van der Waals surface area contributed by atoms with Crippen LogP contribution in [0.1, 0.15) is 25.7 Å². The van der Waals surface area contributed by atoms with Crippen LogP contribution in [0.5, 0.6) is 0 Å². The van der Waals surface area contributed by atoms with Gasteiger partial charge in [-0.2, -0.15) is 20.5 Å². The van der Waals surface area contributed by atoms with Crippen molar-refractivity contribution in [2.75, 3.05) is 11.9 Å². The molecule has 152 valence electrons. The summed E-state index contributed by atoms with van der Waals surface area (Å²) < 4.78 is 1.78. The van der Waals surface area contributed by atoms with Gasteiger partial charge in [0.25, 0.3) is 0 Å². The summed E-state index contributed by atoms with van der Waals surface area (Å²) >= 11 is 0. The molecular formula is C21H23N9. The van der Waals surface area contributed by atoms with Crippen molar-refractivity contribution in [2.45, 2.75) is 43.8 Å². The van der Waals surface area contributed by atoms with Gasteiger partial charge < -0.3 is 10.2 Å². The van der Waals surface area contributed by atoms with Gasteiger partial charge in [-0.1, -0.05) is 0 Å². The van der Waals surface area contributed by atoms with Gasteiger partial charge >= 0.3 is 0 Å². The van der Waals surface area contributed by atoms with Gasteiger partial charge in [0.05, 0.1) is 11.4 Å². The van der Waals surface area contributed by atoms with Gasteiger partial charge in [0.2, 0.25) is 0 Å². The Morgan fingerprint density at radius 3 is 2.57 bits per heavy atom. The number of nitrogens with zero attached hydrogens (tertiary/aromatic N) is 7. The zero-order valence-corrected chi connectivity index (χ0v) is 16.7. The van der Waals surface area contributed by atoms with Crippen LogP contribution in [0.2, 0.25) is 0 Å². The van der Waals surface area contributed by atoms with Crippen molar-refractivity contribution in [1.82, 2.24) is 40.7 Å². The number of H-pyrrole nitrogens is 1. The largest absolute Gasteiger partial charge is 0.355 e. The van der Waals surface area contributed by atoms with Crippen LogP contribution in [0.3, 0.4) is 0 Å². The summed E-state index contributed by atoms with van der Waals surface area (Å²) in [6.45, 7) is 0. The second-order valence-corrected chi connectivity index (χ2v) is 8.25. The number of anilines is 1. The number of fused-ring (bicyclic) bond motifs is 3. The predicted octanol–water partition coefficient (Wildman–Crippen LogP) is 2.32. The number of piperidine rings is 1. The standard InChI is InChI=1S/C21H23N9/c1-29(15-11-13-3-4-14(12-15)23-13)19-8-6-17(24-25-19)16-5-7-18(30-10-2-9-22-30)21-20(16)26-28-27-21/h2,5-10,13-15,23H,3-4,11-12H2,1H3,(H,26,27,28). The summed E-state index contributed by atoms with van der Waals surface area (Å²) in [6, 6.07) is 11.8.